The number of hydrogen-bond donors (Lipinski definition) is 1. The lowest BCUT2D eigenvalue weighted by atomic mass is 10.2. The number of carbonyl (C=O) groups is 1. The van der Waals surface area contributed by atoms with Crippen LogP contribution in [0.3, 0.4) is 0 Å². The van der Waals surface area contributed by atoms with Crippen molar-refractivity contribution < 1.29 is 9.53 Å². The molecule has 5 nitrogen and oxygen atoms in total. The van der Waals surface area contributed by atoms with Crippen LogP contribution in [0.5, 0.6) is 5.75 Å². The second-order valence-electron chi connectivity index (χ2n) is 3.04. The Labute approximate surface area is 110 Å². The first-order valence-electron chi connectivity index (χ1n) is 4.62. The van der Waals surface area contributed by atoms with Crippen molar-refractivity contribution in [1.29, 1.82) is 0 Å². The highest BCUT2D eigenvalue weighted by molar-refractivity contribution is 9.10. The summed E-state index contributed by atoms with van der Waals surface area (Å²) in [6.45, 7) is 0. The molecule has 0 atom stereocenters. The van der Waals surface area contributed by atoms with Gasteiger partial charge in [0.2, 0.25) is 5.13 Å². The van der Waals surface area contributed by atoms with Gasteiger partial charge in [-0.2, -0.15) is 0 Å². The summed E-state index contributed by atoms with van der Waals surface area (Å²) in [5, 5.41) is 10.5. The van der Waals surface area contributed by atoms with Gasteiger partial charge < -0.3 is 4.74 Å². The minimum Gasteiger partial charge on any atom is -0.497 e. The molecule has 2 rings (SSSR count). The predicted octanol–water partition coefficient (Wildman–Crippen LogP) is 2.56. The number of nitrogens with zero attached hydrogens (tertiary/aromatic N) is 2. The molecule has 0 spiro atoms. The van der Waals surface area contributed by atoms with Crippen molar-refractivity contribution in [1.82, 2.24) is 10.2 Å². The second-order valence-corrected chi connectivity index (χ2v) is 4.73. The summed E-state index contributed by atoms with van der Waals surface area (Å²) in [5.41, 5.74) is 2.04. The van der Waals surface area contributed by atoms with E-state index in [4.69, 9.17) is 4.74 Å². The monoisotopic (exact) mass is 313 g/mol. The van der Waals surface area contributed by atoms with Gasteiger partial charge in [0.05, 0.1) is 12.7 Å². The maximum atomic E-state index is 11.9. The van der Waals surface area contributed by atoms with E-state index >= 15 is 0 Å². The molecule has 0 saturated carbocycles. The van der Waals surface area contributed by atoms with E-state index in [0.717, 1.165) is 0 Å². The van der Waals surface area contributed by atoms with E-state index in [1.165, 1.54) is 11.3 Å². The first-order chi connectivity index (χ1) is 8.20. The van der Waals surface area contributed by atoms with Crippen molar-refractivity contribution in [3.8, 4) is 5.75 Å². The van der Waals surface area contributed by atoms with E-state index in [9.17, 15) is 4.79 Å². The van der Waals surface area contributed by atoms with Gasteiger partial charge in [0.1, 0.15) is 11.3 Å². The molecule has 2 aromatic rings. The summed E-state index contributed by atoms with van der Waals surface area (Å²) in [4.78, 5) is 11.9. The zero-order chi connectivity index (χ0) is 12.3. The summed E-state index contributed by atoms with van der Waals surface area (Å²) < 4.78 is 5.76. The van der Waals surface area contributed by atoms with Crippen LogP contribution in [0.2, 0.25) is 0 Å². The van der Waals surface area contributed by atoms with Crippen LogP contribution >= 0.6 is 27.3 Å². The fraction of sp³-hybridized carbons (Fsp3) is 0.100. The second kappa shape index (κ2) is 5.24. The van der Waals surface area contributed by atoms with Gasteiger partial charge in [-0.1, -0.05) is 11.3 Å². The highest BCUT2D eigenvalue weighted by Crippen LogP contribution is 2.23. The number of amides is 1. The average molecular weight is 314 g/mol. The molecule has 0 bridgehead atoms. The average Bonchev–Trinajstić information content (AvgIpc) is 2.82. The molecule has 0 unspecified atom stereocenters. The van der Waals surface area contributed by atoms with Crippen LogP contribution in [-0.4, -0.2) is 23.2 Å². The van der Waals surface area contributed by atoms with E-state index in [1.54, 1.807) is 30.8 Å². The van der Waals surface area contributed by atoms with Gasteiger partial charge in [-0.3, -0.25) is 10.1 Å². The molecule has 0 fully saturated rings. The molecule has 1 N–H and O–H groups in total. The number of benzene rings is 1. The van der Waals surface area contributed by atoms with Crippen LogP contribution in [0, 0.1) is 0 Å². The summed E-state index contributed by atoms with van der Waals surface area (Å²) in [5.74, 6) is 0.364. The van der Waals surface area contributed by atoms with E-state index in [0.29, 0.717) is 20.9 Å². The van der Waals surface area contributed by atoms with Crippen molar-refractivity contribution in [3.63, 3.8) is 0 Å². The molecule has 1 aromatic heterocycles. The maximum Gasteiger partial charge on any atom is 0.258 e. The smallest absolute Gasteiger partial charge is 0.258 e. The topological polar surface area (TPSA) is 64.1 Å². The fourth-order valence-electron chi connectivity index (χ4n) is 1.20. The molecule has 0 aliphatic carbocycles. The van der Waals surface area contributed by atoms with Crippen LogP contribution in [0.1, 0.15) is 10.4 Å². The quantitative estimate of drug-likeness (QED) is 0.946. The number of nitrogens with one attached hydrogen (secondary N) is 1. The van der Waals surface area contributed by atoms with E-state index in [1.807, 2.05) is 0 Å². The Balaban J connectivity index is 2.24. The lowest BCUT2D eigenvalue weighted by Gasteiger charge is -2.06. The van der Waals surface area contributed by atoms with Gasteiger partial charge in [-0.15, -0.1) is 10.2 Å². The number of aromatic nitrogens is 2. The van der Waals surface area contributed by atoms with Gasteiger partial charge in [0.15, 0.2) is 0 Å². The fourth-order valence-corrected chi connectivity index (χ4v) is 2.06. The Morgan fingerprint density at radius 2 is 2.35 bits per heavy atom. The highest BCUT2D eigenvalue weighted by Gasteiger charge is 2.12. The summed E-state index contributed by atoms with van der Waals surface area (Å²) in [6.07, 6.45) is 0. The summed E-state index contributed by atoms with van der Waals surface area (Å²) in [7, 11) is 1.55. The number of ether oxygens (including phenoxy) is 1. The van der Waals surface area contributed by atoms with Crippen LogP contribution in [0.15, 0.2) is 28.2 Å². The SMILES string of the molecule is COc1ccc(Br)c(C(=O)Nc2nncs2)c1. The van der Waals surface area contributed by atoms with E-state index in [-0.39, 0.29) is 5.91 Å². The van der Waals surface area contributed by atoms with Gasteiger partial charge >= 0.3 is 0 Å². The summed E-state index contributed by atoms with van der Waals surface area (Å²) >= 11 is 4.58. The zero-order valence-corrected chi connectivity index (χ0v) is 11.2. The molecule has 0 radical (unpaired) electrons. The third kappa shape index (κ3) is 2.80. The molecule has 1 amide bonds. The van der Waals surface area contributed by atoms with Crippen molar-refractivity contribution >= 4 is 38.3 Å². The van der Waals surface area contributed by atoms with E-state index in [2.05, 4.69) is 31.4 Å². The molecule has 7 heteroatoms. The minimum absolute atomic E-state index is 0.257. The van der Waals surface area contributed by atoms with Crippen LogP contribution in [0.25, 0.3) is 0 Å². The summed E-state index contributed by atoms with van der Waals surface area (Å²) in [6, 6.07) is 5.18. The van der Waals surface area contributed by atoms with Crippen molar-refractivity contribution in [2.24, 2.45) is 0 Å². The Morgan fingerprint density at radius 3 is 3.00 bits per heavy atom. The standard InChI is InChI=1S/C10H8BrN3O2S/c1-16-6-2-3-8(11)7(4-6)9(15)13-10-14-12-5-17-10/h2-5H,1H3,(H,13,14,15). The number of anilines is 1. The zero-order valence-electron chi connectivity index (χ0n) is 8.81. The Bertz CT molecular complexity index is 530. The number of carbonyl (C=O) groups excluding carboxylic acids is 1. The minimum atomic E-state index is -0.257. The number of rotatable bonds is 3. The molecule has 1 aromatic carbocycles. The van der Waals surface area contributed by atoms with E-state index < -0.39 is 0 Å². The number of methoxy groups -OCH3 is 1. The normalized spacial score (nSPS) is 10.0. The Kier molecular flexibility index (Phi) is 3.70. The van der Waals surface area contributed by atoms with Gasteiger partial charge in [0.25, 0.3) is 5.91 Å². The Hall–Kier alpha value is -1.47. The molecular formula is C10H8BrN3O2S. The van der Waals surface area contributed by atoms with Crippen molar-refractivity contribution in [2.75, 3.05) is 12.4 Å². The van der Waals surface area contributed by atoms with Crippen molar-refractivity contribution in [2.45, 2.75) is 0 Å². The first-order valence-corrected chi connectivity index (χ1v) is 6.29. The lowest BCUT2D eigenvalue weighted by Crippen LogP contribution is -2.12. The molecule has 88 valence electrons. The first kappa shape index (κ1) is 12.0. The van der Waals surface area contributed by atoms with Crippen LogP contribution < -0.4 is 10.1 Å². The molecular weight excluding hydrogens is 306 g/mol. The van der Waals surface area contributed by atoms with Gasteiger partial charge in [-0.25, -0.2) is 0 Å². The predicted molar refractivity (Wildman–Crippen MR) is 68.6 cm³/mol. The third-order valence-corrected chi connectivity index (χ3v) is 3.30. The Morgan fingerprint density at radius 1 is 1.53 bits per heavy atom. The molecule has 0 aliphatic heterocycles. The van der Waals surface area contributed by atoms with Crippen LogP contribution in [0.4, 0.5) is 5.13 Å². The highest BCUT2D eigenvalue weighted by atomic mass is 79.9. The number of halogens is 1. The van der Waals surface area contributed by atoms with Crippen molar-refractivity contribution in [3.05, 3.63) is 33.7 Å². The lowest BCUT2D eigenvalue weighted by molar-refractivity contribution is 0.102. The van der Waals surface area contributed by atoms with Crippen LogP contribution in [-0.2, 0) is 0 Å². The number of hydrogen-bond acceptors (Lipinski definition) is 5. The van der Waals surface area contributed by atoms with Gasteiger partial charge in [0, 0.05) is 4.47 Å². The third-order valence-electron chi connectivity index (χ3n) is 2.00. The molecule has 0 aliphatic rings. The van der Waals surface area contributed by atoms with Gasteiger partial charge in [-0.05, 0) is 34.1 Å². The maximum absolute atomic E-state index is 11.9. The molecule has 0 saturated heterocycles. The largest absolute Gasteiger partial charge is 0.497 e. The molecule has 1 heterocycles. The molecule has 17 heavy (non-hydrogen) atoms.